The van der Waals surface area contributed by atoms with Crippen molar-refractivity contribution >= 4 is 17.5 Å². The first kappa shape index (κ1) is 14.4. The highest BCUT2D eigenvalue weighted by atomic mass is 35.5. The highest BCUT2D eigenvalue weighted by Gasteiger charge is 2.24. The predicted octanol–water partition coefficient (Wildman–Crippen LogP) is 2.88. The standard InChI is InChI=1S/C15H20ClNO2/c1-11-7-13(9-14(16)8-11)15(19)17-5-2-3-12(10-17)4-6-18/h7-9,12,18H,2-6,10H2,1H3. The number of aliphatic hydroxyl groups is 1. The third kappa shape index (κ3) is 3.71. The fourth-order valence-electron chi connectivity index (χ4n) is 2.71. The molecular formula is C15H20ClNO2. The van der Waals surface area contributed by atoms with Crippen LogP contribution in [0.4, 0.5) is 0 Å². The van der Waals surface area contributed by atoms with Crippen molar-refractivity contribution < 1.29 is 9.90 Å². The van der Waals surface area contributed by atoms with Gasteiger partial charge in [-0.2, -0.15) is 0 Å². The molecule has 1 fully saturated rings. The second-order valence-electron chi connectivity index (χ2n) is 5.29. The van der Waals surface area contributed by atoms with Crippen molar-refractivity contribution in [3.05, 3.63) is 34.3 Å². The molecule has 1 unspecified atom stereocenters. The molecule has 0 bridgehead atoms. The third-order valence-electron chi connectivity index (χ3n) is 3.63. The Labute approximate surface area is 119 Å². The second-order valence-corrected chi connectivity index (χ2v) is 5.73. The number of hydrogen-bond acceptors (Lipinski definition) is 2. The van der Waals surface area contributed by atoms with E-state index < -0.39 is 0 Å². The van der Waals surface area contributed by atoms with Gasteiger partial charge in [-0.25, -0.2) is 0 Å². The van der Waals surface area contributed by atoms with Gasteiger partial charge in [0.15, 0.2) is 0 Å². The lowest BCUT2D eigenvalue weighted by atomic mass is 9.94. The number of hydrogen-bond donors (Lipinski definition) is 1. The lowest BCUT2D eigenvalue weighted by Crippen LogP contribution is -2.40. The first-order chi connectivity index (χ1) is 9.10. The van der Waals surface area contributed by atoms with Crippen LogP contribution in [0.2, 0.25) is 5.02 Å². The zero-order valence-corrected chi connectivity index (χ0v) is 12.0. The molecule has 0 aliphatic carbocycles. The molecule has 0 saturated carbocycles. The Bertz CT molecular complexity index is 439. The molecule has 0 aromatic heterocycles. The van der Waals surface area contributed by atoms with E-state index in [-0.39, 0.29) is 12.5 Å². The minimum absolute atomic E-state index is 0.0493. The number of carbonyl (C=O) groups excluding carboxylic acids is 1. The van der Waals surface area contributed by atoms with Crippen LogP contribution < -0.4 is 0 Å². The number of halogens is 1. The molecule has 1 aliphatic heterocycles. The Hall–Kier alpha value is -1.06. The van der Waals surface area contributed by atoms with Crippen LogP contribution in [0.15, 0.2) is 18.2 Å². The Kier molecular flexibility index (Phi) is 4.83. The van der Waals surface area contributed by atoms with E-state index in [1.54, 1.807) is 6.07 Å². The van der Waals surface area contributed by atoms with Crippen LogP contribution in [0.5, 0.6) is 0 Å². The maximum Gasteiger partial charge on any atom is 0.253 e. The van der Waals surface area contributed by atoms with Gasteiger partial charge in [0.25, 0.3) is 5.91 Å². The Morgan fingerprint density at radius 2 is 2.26 bits per heavy atom. The van der Waals surface area contributed by atoms with E-state index >= 15 is 0 Å². The van der Waals surface area contributed by atoms with Gasteiger partial charge in [0.1, 0.15) is 0 Å². The van der Waals surface area contributed by atoms with E-state index in [1.165, 1.54) is 0 Å². The average Bonchev–Trinajstić information content (AvgIpc) is 2.37. The van der Waals surface area contributed by atoms with Gasteiger partial charge in [-0.15, -0.1) is 0 Å². The van der Waals surface area contributed by atoms with E-state index in [9.17, 15) is 4.79 Å². The molecule has 1 aliphatic rings. The van der Waals surface area contributed by atoms with Crippen molar-refractivity contribution in [2.45, 2.75) is 26.2 Å². The second kappa shape index (κ2) is 6.40. The molecule has 1 saturated heterocycles. The third-order valence-corrected chi connectivity index (χ3v) is 3.85. The van der Waals surface area contributed by atoms with Crippen LogP contribution in [0.3, 0.4) is 0 Å². The molecule has 1 aromatic carbocycles. The maximum atomic E-state index is 12.5. The summed E-state index contributed by atoms with van der Waals surface area (Å²) < 4.78 is 0. The normalized spacial score (nSPS) is 19.5. The molecule has 1 atom stereocenters. The number of carbonyl (C=O) groups is 1. The maximum absolute atomic E-state index is 12.5. The summed E-state index contributed by atoms with van der Waals surface area (Å²) in [5.41, 5.74) is 1.66. The van der Waals surface area contributed by atoms with Gasteiger partial charge in [-0.05, 0) is 55.9 Å². The average molecular weight is 282 g/mol. The molecule has 0 radical (unpaired) electrons. The molecule has 4 heteroatoms. The van der Waals surface area contributed by atoms with E-state index in [0.29, 0.717) is 16.5 Å². The Morgan fingerprint density at radius 1 is 1.47 bits per heavy atom. The summed E-state index contributed by atoms with van der Waals surface area (Å²) in [7, 11) is 0. The zero-order valence-electron chi connectivity index (χ0n) is 11.2. The van der Waals surface area contributed by atoms with Gasteiger partial charge >= 0.3 is 0 Å². The number of aryl methyl sites for hydroxylation is 1. The summed E-state index contributed by atoms with van der Waals surface area (Å²) in [6.45, 7) is 3.67. The molecule has 104 valence electrons. The first-order valence-electron chi connectivity index (χ1n) is 6.77. The SMILES string of the molecule is Cc1cc(Cl)cc(C(=O)N2CCCC(CCO)C2)c1. The summed E-state index contributed by atoms with van der Waals surface area (Å²) in [6, 6.07) is 5.46. The summed E-state index contributed by atoms with van der Waals surface area (Å²) in [5, 5.41) is 9.62. The van der Waals surface area contributed by atoms with E-state index in [0.717, 1.165) is 37.9 Å². The van der Waals surface area contributed by atoms with Crippen LogP contribution >= 0.6 is 11.6 Å². The van der Waals surface area contributed by atoms with Gasteiger partial charge < -0.3 is 10.0 Å². The van der Waals surface area contributed by atoms with Crippen LogP contribution in [-0.4, -0.2) is 35.6 Å². The quantitative estimate of drug-likeness (QED) is 0.925. The number of benzene rings is 1. The summed E-state index contributed by atoms with van der Waals surface area (Å²) >= 11 is 6.01. The lowest BCUT2D eigenvalue weighted by molar-refractivity contribution is 0.0653. The van der Waals surface area contributed by atoms with Gasteiger partial charge in [0.05, 0.1) is 0 Å². The summed E-state index contributed by atoms with van der Waals surface area (Å²) in [5.74, 6) is 0.469. The molecule has 19 heavy (non-hydrogen) atoms. The van der Waals surface area contributed by atoms with Gasteiger partial charge in [-0.1, -0.05) is 11.6 Å². The number of aliphatic hydroxyl groups excluding tert-OH is 1. The first-order valence-corrected chi connectivity index (χ1v) is 7.15. The fraction of sp³-hybridized carbons (Fsp3) is 0.533. The molecule has 1 amide bonds. The van der Waals surface area contributed by atoms with Crippen LogP contribution in [0.25, 0.3) is 0 Å². The monoisotopic (exact) mass is 281 g/mol. The largest absolute Gasteiger partial charge is 0.396 e. The Morgan fingerprint density at radius 3 is 2.95 bits per heavy atom. The molecule has 1 heterocycles. The van der Waals surface area contributed by atoms with Gasteiger partial charge in [0, 0.05) is 30.3 Å². The molecule has 3 nitrogen and oxygen atoms in total. The summed E-state index contributed by atoms with van der Waals surface area (Å²) in [6.07, 6.45) is 2.88. The van der Waals surface area contributed by atoms with Crippen molar-refractivity contribution in [3.8, 4) is 0 Å². The fourth-order valence-corrected chi connectivity index (χ4v) is 3.00. The topological polar surface area (TPSA) is 40.5 Å². The van der Waals surface area contributed by atoms with E-state index in [4.69, 9.17) is 16.7 Å². The van der Waals surface area contributed by atoms with Crippen molar-refractivity contribution in [1.29, 1.82) is 0 Å². The molecule has 0 spiro atoms. The number of nitrogens with zero attached hydrogens (tertiary/aromatic N) is 1. The number of amides is 1. The van der Waals surface area contributed by atoms with Crippen molar-refractivity contribution in [2.24, 2.45) is 5.92 Å². The van der Waals surface area contributed by atoms with Crippen molar-refractivity contribution in [3.63, 3.8) is 0 Å². The molecular weight excluding hydrogens is 262 g/mol. The van der Waals surface area contributed by atoms with Crippen LogP contribution in [0.1, 0.15) is 35.2 Å². The Balaban J connectivity index is 2.10. The molecule has 2 rings (SSSR count). The minimum atomic E-state index is 0.0493. The molecule has 1 N–H and O–H groups in total. The van der Waals surface area contributed by atoms with Gasteiger partial charge in [-0.3, -0.25) is 4.79 Å². The smallest absolute Gasteiger partial charge is 0.253 e. The lowest BCUT2D eigenvalue weighted by Gasteiger charge is -2.32. The number of piperidine rings is 1. The van der Waals surface area contributed by atoms with E-state index in [1.807, 2.05) is 24.0 Å². The van der Waals surface area contributed by atoms with E-state index in [2.05, 4.69) is 0 Å². The minimum Gasteiger partial charge on any atom is -0.396 e. The highest BCUT2D eigenvalue weighted by Crippen LogP contribution is 2.22. The number of likely N-dealkylation sites (tertiary alicyclic amines) is 1. The van der Waals surface area contributed by atoms with Crippen LogP contribution in [0, 0.1) is 12.8 Å². The van der Waals surface area contributed by atoms with Crippen molar-refractivity contribution in [2.75, 3.05) is 19.7 Å². The highest BCUT2D eigenvalue weighted by molar-refractivity contribution is 6.31. The number of rotatable bonds is 3. The summed E-state index contributed by atoms with van der Waals surface area (Å²) in [4.78, 5) is 14.3. The zero-order chi connectivity index (χ0) is 13.8. The van der Waals surface area contributed by atoms with Gasteiger partial charge in [0.2, 0.25) is 0 Å². The predicted molar refractivity (Wildman–Crippen MR) is 76.5 cm³/mol. The van der Waals surface area contributed by atoms with Crippen molar-refractivity contribution in [1.82, 2.24) is 4.90 Å². The molecule has 1 aromatic rings. The van der Waals surface area contributed by atoms with Crippen LogP contribution in [-0.2, 0) is 0 Å².